The Morgan fingerprint density at radius 2 is 1.52 bits per heavy atom. The van der Waals surface area contributed by atoms with Crippen molar-refractivity contribution in [2.75, 3.05) is 45.3 Å². The Morgan fingerprint density at radius 1 is 0.909 bits per heavy atom. The molecule has 0 aliphatic carbocycles. The Hall–Kier alpha value is -3.52. The minimum atomic E-state index is 0.0865. The molecule has 3 heterocycles. The zero-order chi connectivity index (χ0) is 22.9. The Kier molecular flexibility index (Phi) is 5.68. The maximum absolute atomic E-state index is 13.3. The van der Waals surface area contributed by atoms with Crippen LogP contribution >= 0.6 is 11.3 Å². The Morgan fingerprint density at radius 3 is 2.09 bits per heavy atom. The van der Waals surface area contributed by atoms with Gasteiger partial charge in [-0.1, -0.05) is 11.3 Å². The SMILES string of the molecule is COc1ccc(-c2cn3c(C)c(C(=O)N4CCN(c5ccc(OC)cc5)CC4)sc3n2)cc1. The van der Waals surface area contributed by atoms with Crippen LogP contribution in [0.25, 0.3) is 16.2 Å². The van der Waals surface area contributed by atoms with E-state index in [1.807, 2.05) is 58.8 Å². The third-order valence-corrected chi connectivity index (χ3v) is 7.29. The molecule has 1 saturated heterocycles. The van der Waals surface area contributed by atoms with E-state index < -0.39 is 0 Å². The number of ether oxygens (including phenoxy) is 2. The number of nitrogens with zero attached hydrogens (tertiary/aromatic N) is 4. The number of methoxy groups -OCH3 is 2. The highest BCUT2D eigenvalue weighted by molar-refractivity contribution is 7.19. The number of aromatic nitrogens is 2. The van der Waals surface area contributed by atoms with E-state index in [9.17, 15) is 4.79 Å². The molecule has 1 aliphatic rings. The van der Waals surface area contributed by atoms with Gasteiger partial charge in [0, 0.05) is 49.3 Å². The molecule has 4 aromatic rings. The maximum Gasteiger partial charge on any atom is 0.265 e. The van der Waals surface area contributed by atoms with Gasteiger partial charge in [0.15, 0.2) is 4.96 Å². The molecule has 0 N–H and O–H groups in total. The molecule has 0 radical (unpaired) electrons. The first-order chi connectivity index (χ1) is 16.1. The van der Waals surface area contributed by atoms with E-state index in [1.54, 1.807) is 14.2 Å². The van der Waals surface area contributed by atoms with Crippen LogP contribution < -0.4 is 14.4 Å². The smallest absolute Gasteiger partial charge is 0.265 e. The second-order valence-electron chi connectivity index (χ2n) is 8.00. The molecule has 7 nitrogen and oxygen atoms in total. The van der Waals surface area contributed by atoms with Gasteiger partial charge in [0.1, 0.15) is 16.4 Å². The number of hydrogen-bond donors (Lipinski definition) is 0. The standard InChI is InChI=1S/C25H26N4O3S/c1-17-23(33-25-26-22(16-29(17)25)18-4-8-20(31-2)9-5-18)24(30)28-14-12-27(13-15-28)19-6-10-21(32-3)11-7-19/h4-11,16H,12-15H2,1-3H3. The van der Waals surface area contributed by atoms with Crippen LogP contribution in [-0.2, 0) is 0 Å². The van der Waals surface area contributed by atoms with Gasteiger partial charge in [0.2, 0.25) is 0 Å². The highest BCUT2D eigenvalue weighted by atomic mass is 32.1. The van der Waals surface area contributed by atoms with Gasteiger partial charge < -0.3 is 19.3 Å². The van der Waals surface area contributed by atoms with Gasteiger partial charge in [0.25, 0.3) is 5.91 Å². The van der Waals surface area contributed by atoms with Crippen molar-refractivity contribution in [1.29, 1.82) is 0 Å². The van der Waals surface area contributed by atoms with E-state index in [1.165, 1.54) is 11.3 Å². The number of benzene rings is 2. The van der Waals surface area contributed by atoms with Gasteiger partial charge in [-0.3, -0.25) is 9.20 Å². The van der Waals surface area contributed by atoms with Crippen LogP contribution in [0.1, 0.15) is 15.4 Å². The first-order valence-electron chi connectivity index (χ1n) is 10.9. The highest BCUT2D eigenvalue weighted by Gasteiger charge is 2.26. The molecule has 0 atom stereocenters. The van der Waals surface area contributed by atoms with Gasteiger partial charge in [-0.05, 0) is 55.5 Å². The van der Waals surface area contributed by atoms with Crippen LogP contribution in [0.5, 0.6) is 11.5 Å². The summed E-state index contributed by atoms with van der Waals surface area (Å²) in [6.07, 6.45) is 2.00. The van der Waals surface area contributed by atoms with Gasteiger partial charge in [-0.15, -0.1) is 0 Å². The van der Waals surface area contributed by atoms with Crippen molar-refractivity contribution in [3.63, 3.8) is 0 Å². The number of fused-ring (bicyclic) bond motifs is 1. The number of rotatable bonds is 5. The van der Waals surface area contributed by atoms with Crippen LogP contribution in [-0.4, -0.2) is 60.6 Å². The fourth-order valence-electron chi connectivity index (χ4n) is 4.15. The molecule has 5 rings (SSSR count). The number of carbonyl (C=O) groups excluding carboxylic acids is 1. The molecule has 8 heteroatoms. The summed E-state index contributed by atoms with van der Waals surface area (Å²) in [4.78, 5) is 23.9. The zero-order valence-corrected chi connectivity index (χ0v) is 19.8. The molecule has 2 aromatic heterocycles. The van der Waals surface area contributed by atoms with Gasteiger partial charge in [-0.2, -0.15) is 0 Å². The summed E-state index contributed by atoms with van der Waals surface area (Å²) in [5.41, 5.74) is 4.00. The van der Waals surface area contributed by atoms with Crippen molar-refractivity contribution in [3.05, 3.63) is 65.3 Å². The normalized spacial score (nSPS) is 14.0. The Labute approximate surface area is 196 Å². The monoisotopic (exact) mass is 462 g/mol. The Balaban J connectivity index is 1.29. The summed E-state index contributed by atoms with van der Waals surface area (Å²) >= 11 is 1.46. The number of aryl methyl sites for hydroxylation is 1. The quantitative estimate of drug-likeness (QED) is 0.441. The van der Waals surface area contributed by atoms with Crippen molar-refractivity contribution in [1.82, 2.24) is 14.3 Å². The molecule has 2 aromatic carbocycles. The van der Waals surface area contributed by atoms with Crippen LogP contribution in [0.3, 0.4) is 0 Å². The van der Waals surface area contributed by atoms with E-state index in [0.29, 0.717) is 13.1 Å². The number of piperazine rings is 1. The molecule has 0 spiro atoms. The second kappa shape index (κ2) is 8.78. The lowest BCUT2D eigenvalue weighted by atomic mass is 10.2. The van der Waals surface area contributed by atoms with Crippen molar-refractivity contribution in [2.24, 2.45) is 0 Å². The van der Waals surface area contributed by atoms with E-state index >= 15 is 0 Å². The predicted molar refractivity (Wildman–Crippen MR) is 131 cm³/mol. The van der Waals surface area contributed by atoms with E-state index in [0.717, 1.165) is 57.1 Å². The minimum absolute atomic E-state index is 0.0865. The molecule has 1 fully saturated rings. The molecule has 170 valence electrons. The average molecular weight is 463 g/mol. The second-order valence-corrected chi connectivity index (χ2v) is 8.98. The lowest BCUT2D eigenvalue weighted by molar-refractivity contribution is 0.0750. The molecular weight excluding hydrogens is 436 g/mol. The van der Waals surface area contributed by atoms with Crippen LogP contribution in [0.15, 0.2) is 54.7 Å². The summed E-state index contributed by atoms with van der Waals surface area (Å²) < 4.78 is 12.5. The minimum Gasteiger partial charge on any atom is -0.497 e. The van der Waals surface area contributed by atoms with E-state index in [2.05, 4.69) is 17.0 Å². The largest absolute Gasteiger partial charge is 0.497 e. The lowest BCUT2D eigenvalue weighted by Crippen LogP contribution is -2.48. The van der Waals surface area contributed by atoms with Crippen molar-refractivity contribution in [3.8, 4) is 22.8 Å². The summed E-state index contributed by atoms with van der Waals surface area (Å²) in [7, 11) is 3.32. The van der Waals surface area contributed by atoms with Crippen molar-refractivity contribution >= 4 is 27.9 Å². The number of anilines is 1. The highest BCUT2D eigenvalue weighted by Crippen LogP contribution is 2.29. The summed E-state index contributed by atoms with van der Waals surface area (Å²) in [5, 5.41) is 0. The summed E-state index contributed by atoms with van der Waals surface area (Å²) in [6.45, 7) is 5.00. The Bertz CT molecular complexity index is 1270. The van der Waals surface area contributed by atoms with Crippen LogP contribution in [0.2, 0.25) is 0 Å². The fourth-order valence-corrected chi connectivity index (χ4v) is 5.23. The van der Waals surface area contributed by atoms with Crippen molar-refractivity contribution < 1.29 is 14.3 Å². The number of hydrogen-bond acceptors (Lipinski definition) is 6. The van der Waals surface area contributed by atoms with E-state index in [4.69, 9.17) is 14.5 Å². The third kappa shape index (κ3) is 4.02. The molecular formula is C25H26N4O3S. The topological polar surface area (TPSA) is 59.3 Å². The number of imidazole rings is 1. The molecule has 1 amide bonds. The van der Waals surface area contributed by atoms with Crippen LogP contribution in [0.4, 0.5) is 5.69 Å². The summed E-state index contributed by atoms with van der Waals surface area (Å²) in [5.74, 6) is 1.75. The van der Waals surface area contributed by atoms with Gasteiger partial charge >= 0.3 is 0 Å². The predicted octanol–water partition coefficient (Wildman–Crippen LogP) is 4.35. The first-order valence-corrected chi connectivity index (χ1v) is 11.7. The summed E-state index contributed by atoms with van der Waals surface area (Å²) in [6, 6.07) is 15.9. The zero-order valence-electron chi connectivity index (χ0n) is 18.9. The molecule has 33 heavy (non-hydrogen) atoms. The maximum atomic E-state index is 13.3. The number of amides is 1. The average Bonchev–Trinajstić information content (AvgIpc) is 3.43. The number of carbonyl (C=O) groups is 1. The van der Waals surface area contributed by atoms with E-state index in [-0.39, 0.29) is 5.91 Å². The third-order valence-electron chi connectivity index (χ3n) is 6.14. The van der Waals surface area contributed by atoms with Gasteiger partial charge in [-0.25, -0.2) is 4.98 Å². The fraction of sp³-hybridized carbons (Fsp3) is 0.280. The van der Waals surface area contributed by atoms with Crippen LogP contribution in [0, 0.1) is 6.92 Å². The van der Waals surface area contributed by atoms with Crippen molar-refractivity contribution in [2.45, 2.75) is 6.92 Å². The molecule has 1 aliphatic heterocycles. The molecule has 0 unspecified atom stereocenters. The number of thiazole rings is 1. The molecule has 0 bridgehead atoms. The lowest BCUT2D eigenvalue weighted by Gasteiger charge is -2.36. The molecule has 0 saturated carbocycles. The first kappa shape index (κ1) is 21.3. The van der Waals surface area contributed by atoms with Gasteiger partial charge in [0.05, 0.1) is 19.9 Å².